The van der Waals surface area contributed by atoms with Crippen molar-refractivity contribution in [1.82, 2.24) is 0 Å². The third-order valence-corrected chi connectivity index (χ3v) is 4.07. The molecule has 0 unspecified atom stereocenters. The number of rotatable bonds is 4. The van der Waals surface area contributed by atoms with Crippen molar-refractivity contribution >= 4 is 0 Å². The first-order valence-corrected chi connectivity index (χ1v) is 7.68. The Hall–Kier alpha value is -2.74. The molecule has 0 N–H and O–H groups in total. The number of hydrogen-bond acceptors (Lipinski definition) is 2. The van der Waals surface area contributed by atoms with Gasteiger partial charge in [0.2, 0.25) is 0 Å². The highest BCUT2D eigenvalue weighted by Crippen LogP contribution is 2.40. The van der Waals surface area contributed by atoms with Gasteiger partial charge in [0.25, 0.3) is 0 Å². The lowest BCUT2D eigenvalue weighted by molar-refractivity contribution is 0.400. The van der Waals surface area contributed by atoms with Crippen LogP contribution in [0.5, 0.6) is 11.5 Å². The van der Waals surface area contributed by atoms with Crippen LogP contribution in [0.4, 0.5) is 0 Å². The van der Waals surface area contributed by atoms with Gasteiger partial charge in [-0.3, -0.25) is 0 Å². The maximum atomic E-state index is 6.04. The average molecular weight is 304 g/mol. The summed E-state index contributed by atoms with van der Waals surface area (Å²) in [7, 11) is 0. The van der Waals surface area contributed by atoms with Gasteiger partial charge in [-0.2, -0.15) is 0 Å². The summed E-state index contributed by atoms with van der Waals surface area (Å²) in [6, 6.07) is 4.13. The Morgan fingerprint density at radius 3 is 1.91 bits per heavy atom. The van der Waals surface area contributed by atoms with Crippen LogP contribution in [0.25, 0.3) is 0 Å². The second kappa shape index (κ2) is 6.17. The summed E-state index contributed by atoms with van der Waals surface area (Å²) < 4.78 is 12.0. The van der Waals surface area contributed by atoms with E-state index in [0.29, 0.717) is 0 Å². The fraction of sp³-hybridized carbons (Fsp3) is 0.143. The molecule has 0 radical (unpaired) electrons. The molecule has 1 aromatic carbocycles. The third-order valence-electron chi connectivity index (χ3n) is 4.07. The van der Waals surface area contributed by atoms with E-state index in [1.165, 1.54) is 0 Å². The molecule has 0 aliphatic carbocycles. The molecule has 0 bridgehead atoms. The summed E-state index contributed by atoms with van der Waals surface area (Å²) in [6.45, 7) is 13.5. The molecule has 0 atom stereocenters. The molecule has 2 aliphatic heterocycles. The standard InChI is InChI=1S/C21H20O2/c1-5-9-19-15(7-3)11-17-12-16-10-14(6-2)18(8-4)22-20(16)13-21(17)23-19/h5-9,12-13H,2-4,10-11H2,1H3/b9-5-. The quantitative estimate of drug-likeness (QED) is 0.761. The number of benzene rings is 1. The number of hydrogen-bond donors (Lipinski definition) is 0. The Morgan fingerprint density at radius 2 is 1.39 bits per heavy atom. The zero-order valence-corrected chi connectivity index (χ0v) is 13.4. The summed E-state index contributed by atoms with van der Waals surface area (Å²) in [6.07, 6.45) is 10.9. The lowest BCUT2D eigenvalue weighted by Gasteiger charge is -2.25. The molecule has 2 heterocycles. The minimum absolute atomic E-state index is 0.763. The van der Waals surface area contributed by atoms with E-state index in [4.69, 9.17) is 9.47 Å². The second-order valence-corrected chi connectivity index (χ2v) is 5.52. The van der Waals surface area contributed by atoms with Crippen molar-refractivity contribution in [3.8, 4) is 11.5 Å². The summed E-state index contributed by atoms with van der Waals surface area (Å²) in [4.78, 5) is 0. The molecule has 2 nitrogen and oxygen atoms in total. The van der Waals surface area contributed by atoms with Crippen LogP contribution >= 0.6 is 0 Å². The van der Waals surface area contributed by atoms with Crippen molar-refractivity contribution in [3.63, 3.8) is 0 Å². The monoisotopic (exact) mass is 304 g/mol. The van der Waals surface area contributed by atoms with Crippen molar-refractivity contribution in [2.45, 2.75) is 19.8 Å². The van der Waals surface area contributed by atoms with Crippen LogP contribution in [0.1, 0.15) is 18.1 Å². The molecule has 0 spiro atoms. The minimum Gasteiger partial charge on any atom is -0.457 e. The van der Waals surface area contributed by atoms with Gasteiger partial charge >= 0.3 is 0 Å². The molecule has 116 valence electrons. The molecular weight excluding hydrogens is 284 g/mol. The third kappa shape index (κ3) is 2.68. The number of ether oxygens (including phenoxy) is 2. The number of allylic oxidation sites excluding steroid dienone is 7. The van der Waals surface area contributed by atoms with Gasteiger partial charge in [0.15, 0.2) is 0 Å². The van der Waals surface area contributed by atoms with E-state index < -0.39 is 0 Å². The zero-order chi connectivity index (χ0) is 16.4. The van der Waals surface area contributed by atoms with Gasteiger partial charge < -0.3 is 9.47 Å². The van der Waals surface area contributed by atoms with E-state index in [0.717, 1.165) is 58.1 Å². The smallest absolute Gasteiger partial charge is 0.134 e. The molecule has 3 rings (SSSR count). The van der Waals surface area contributed by atoms with Crippen molar-refractivity contribution in [2.75, 3.05) is 0 Å². The van der Waals surface area contributed by atoms with Crippen molar-refractivity contribution < 1.29 is 9.47 Å². The van der Waals surface area contributed by atoms with Crippen LogP contribution in [-0.4, -0.2) is 0 Å². The Morgan fingerprint density at radius 1 is 0.826 bits per heavy atom. The fourth-order valence-corrected chi connectivity index (χ4v) is 2.89. The predicted molar refractivity (Wildman–Crippen MR) is 94.6 cm³/mol. The fourth-order valence-electron chi connectivity index (χ4n) is 2.89. The molecule has 0 fully saturated rings. The van der Waals surface area contributed by atoms with E-state index in [1.807, 2.05) is 37.3 Å². The molecule has 0 saturated carbocycles. The van der Waals surface area contributed by atoms with Crippen LogP contribution in [0.15, 0.2) is 84.9 Å². The van der Waals surface area contributed by atoms with E-state index in [9.17, 15) is 0 Å². The zero-order valence-electron chi connectivity index (χ0n) is 13.4. The van der Waals surface area contributed by atoms with Gasteiger partial charge in [0.1, 0.15) is 23.0 Å². The lowest BCUT2D eigenvalue weighted by Crippen LogP contribution is -2.12. The molecule has 2 aliphatic rings. The SMILES string of the molecule is C=CC1=C(C=C)Oc2cc3c(cc2C1)CC(C=C)=C(/C=C\C)O3. The van der Waals surface area contributed by atoms with Gasteiger partial charge in [-0.25, -0.2) is 0 Å². The Bertz CT molecular complexity index is 788. The average Bonchev–Trinajstić information content (AvgIpc) is 2.58. The number of fused-ring (bicyclic) bond motifs is 2. The first-order chi connectivity index (χ1) is 11.2. The van der Waals surface area contributed by atoms with Gasteiger partial charge in [0.05, 0.1) is 0 Å². The summed E-state index contributed by atoms with van der Waals surface area (Å²) in [5, 5.41) is 0. The minimum atomic E-state index is 0.763. The molecular formula is C21H20O2. The predicted octanol–water partition coefficient (Wildman–Crippen LogP) is 5.20. The topological polar surface area (TPSA) is 18.5 Å². The highest BCUT2D eigenvalue weighted by molar-refractivity contribution is 5.56. The molecule has 2 heteroatoms. The van der Waals surface area contributed by atoms with Crippen LogP contribution in [-0.2, 0) is 12.8 Å². The Labute approximate surface area is 137 Å². The van der Waals surface area contributed by atoms with Crippen molar-refractivity contribution in [1.29, 1.82) is 0 Å². The van der Waals surface area contributed by atoms with Gasteiger partial charge in [0, 0.05) is 18.9 Å². The van der Waals surface area contributed by atoms with E-state index >= 15 is 0 Å². The molecule has 23 heavy (non-hydrogen) atoms. The first-order valence-electron chi connectivity index (χ1n) is 7.68. The van der Waals surface area contributed by atoms with E-state index in [2.05, 4.69) is 25.8 Å². The van der Waals surface area contributed by atoms with Crippen LogP contribution < -0.4 is 9.47 Å². The van der Waals surface area contributed by atoms with Crippen LogP contribution in [0, 0.1) is 0 Å². The lowest BCUT2D eigenvalue weighted by atomic mass is 9.93. The van der Waals surface area contributed by atoms with Gasteiger partial charge in [-0.05, 0) is 47.4 Å². The van der Waals surface area contributed by atoms with Crippen molar-refractivity contribution in [3.05, 3.63) is 96.0 Å². The maximum Gasteiger partial charge on any atom is 0.134 e. The molecule has 0 saturated heterocycles. The van der Waals surface area contributed by atoms with E-state index in [-0.39, 0.29) is 0 Å². The summed E-state index contributed by atoms with van der Waals surface area (Å²) >= 11 is 0. The normalized spacial score (nSPS) is 16.4. The summed E-state index contributed by atoms with van der Waals surface area (Å²) in [5.74, 6) is 3.27. The highest BCUT2D eigenvalue weighted by Gasteiger charge is 2.23. The largest absolute Gasteiger partial charge is 0.457 e. The van der Waals surface area contributed by atoms with Gasteiger partial charge in [-0.1, -0.05) is 38.0 Å². The van der Waals surface area contributed by atoms with E-state index in [1.54, 1.807) is 6.08 Å². The Kier molecular flexibility index (Phi) is 4.07. The summed E-state index contributed by atoms with van der Waals surface area (Å²) in [5.41, 5.74) is 4.45. The highest BCUT2D eigenvalue weighted by atomic mass is 16.5. The van der Waals surface area contributed by atoms with Crippen LogP contribution in [0.3, 0.4) is 0 Å². The molecule has 0 aromatic heterocycles. The maximum absolute atomic E-state index is 6.04. The van der Waals surface area contributed by atoms with Gasteiger partial charge in [-0.15, -0.1) is 0 Å². The van der Waals surface area contributed by atoms with Crippen LogP contribution in [0.2, 0.25) is 0 Å². The first kappa shape index (κ1) is 15.2. The second-order valence-electron chi connectivity index (χ2n) is 5.52. The molecule has 1 aromatic rings. The molecule has 0 amide bonds. The Balaban J connectivity index is 2.02. The van der Waals surface area contributed by atoms with Crippen molar-refractivity contribution in [2.24, 2.45) is 0 Å².